The Hall–Kier alpha value is -2.38. The highest BCUT2D eigenvalue weighted by Crippen LogP contribution is 2.04. The third kappa shape index (κ3) is 363. The van der Waals surface area contributed by atoms with Gasteiger partial charge >= 0.3 is 11.9 Å². The second-order valence-corrected chi connectivity index (χ2v) is 6.90. The Morgan fingerprint density at radius 3 is 1.14 bits per heavy atom. The number of carboxylic acids is 2. The Morgan fingerprint density at radius 2 is 1.00 bits per heavy atom. The highest BCUT2D eigenvalue weighted by molar-refractivity contribution is 5.66. The Labute approximate surface area is 231 Å². The minimum absolute atomic E-state index is 0. The molecular weight excluding hydrogens is 476 g/mol. The minimum atomic E-state index is -0.833. The van der Waals surface area contributed by atoms with Crippen LogP contribution in [0.25, 0.3) is 0 Å². The van der Waals surface area contributed by atoms with Crippen molar-refractivity contribution in [2.75, 3.05) is 13.2 Å². The van der Waals surface area contributed by atoms with Gasteiger partial charge < -0.3 is 19.7 Å². The fourth-order valence-electron chi connectivity index (χ4n) is 1.08. The van der Waals surface area contributed by atoms with Gasteiger partial charge in [-0.05, 0) is 25.7 Å². The molecule has 0 spiro atoms. The molecule has 0 bridgehead atoms. The first-order valence-electron chi connectivity index (χ1n) is 12.9. The quantitative estimate of drug-likeness (QED) is 0.252. The fourth-order valence-corrected chi connectivity index (χ4v) is 1.08. The molecule has 1 unspecified atom stereocenters. The van der Waals surface area contributed by atoms with Crippen LogP contribution in [0.4, 0.5) is 0 Å². The van der Waals surface area contributed by atoms with E-state index in [-0.39, 0.29) is 19.4 Å². The van der Waals surface area contributed by atoms with Crippen LogP contribution in [0.2, 0.25) is 0 Å². The van der Waals surface area contributed by atoms with Gasteiger partial charge in [0, 0.05) is 27.7 Å². The predicted octanol–water partition coefficient (Wildman–Crippen LogP) is 8.81. The number of esters is 2. The lowest BCUT2D eigenvalue weighted by atomic mass is 10.1. The lowest BCUT2D eigenvalue weighted by Crippen LogP contribution is -2.08. The van der Waals surface area contributed by atoms with Gasteiger partial charge in [-0.15, -0.1) is 6.58 Å². The van der Waals surface area contributed by atoms with E-state index in [0.717, 1.165) is 33.1 Å². The summed E-state index contributed by atoms with van der Waals surface area (Å²) in [6, 6.07) is 0. The molecule has 0 radical (unpaired) electrons. The van der Waals surface area contributed by atoms with Crippen LogP contribution in [-0.2, 0) is 28.7 Å². The van der Waals surface area contributed by atoms with Gasteiger partial charge in [0.1, 0.15) is 0 Å². The van der Waals surface area contributed by atoms with Crippen LogP contribution in [0.15, 0.2) is 12.7 Å². The molecule has 0 amide bonds. The molecule has 0 rings (SSSR count). The molecule has 0 aliphatic carbocycles. The molecule has 8 nitrogen and oxygen atoms in total. The largest absolute Gasteiger partial charge is 0.481 e. The summed E-state index contributed by atoms with van der Waals surface area (Å²) >= 11 is 0. The number of allylic oxidation sites excluding steroid dienone is 1. The average Bonchev–Trinajstić information content (AvgIpc) is 2.74. The lowest BCUT2D eigenvalue weighted by Gasteiger charge is -2.08. The zero-order chi connectivity index (χ0) is 31.0. The Balaban J connectivity index is -0.0000000368. The topological polar surface area (TPSA) is 127 Å². The van der Waals surface area contributed by atoms with Gasteiger partial charge in [-0.1, -0.05) is 95.1 Å². The van der Waals surface area contributed by atoms with Crippen LogP contribution in [0.5, 0.6) is 0 Å². The summed E-state index contributed by atoms with van der Waals surface area (Å²) in [5.74, 6) is -1.53. The van der Waals surface area contributed by atoms with Gasteiger partial charge in [0.15, 0.2) is 0 Å². The monoisotopic (exact) mass is 542 g/mol. The summed E-state index contributed by atoms with van der Waals surface area (Å²) in [7, 11) is 0. The van der Waals surface area contributed by atoms with E-state index < -0.39 is 11.9 Å². The van der Waals surface area contributed by atoms with E-state index in [4.69, 9.17) is 24.5 Å². The zero-order valence-corrected chi connectivity index (χ0v) is 26.2. The molecule has 0 aliphatic rings. The van der Waals surface area contributed by atoms with Gasteiger partial charge in [-0.25, -0.2) is 0 Å². The Bertz CT molecular complexity index is 400. The van der Waals surface area contributed by atoms with Crippen molar-refractivity contribution in [2.45, 2.75) is 136 Å². The maximum absolute atomic E-state index is 10.3. The molecule has 0 saturated heterocycles. The summed E-state index contributed by atoms with van der Waals surface area (Å²) in [5, 5.41) is 14.8. The standard InChI is InChI=1S/C8H16O2.C5H10O2.2C3H8.C3H6.2C2H4O2.C2H6.CH4/c1-4-5-7(2)6-10-8(3)9;1-3-4-7-5(2)6;3*1-3-2;2*1-2(3)4;1-2;/h7H,4-6H2,1-3H3;3-4H2,1-2H3;2*3H2,1-2H3;3H,1H2,2H3;2*1H3,(H,3,4);1-2H3;1H4. The maximum Gasteiger partial charge on any atom is 0.302 e. The van der Waals surface area contributed by atoms with E-state index >= 15 is 0 Å². The third-order valence-electron chi connectivity index (χ3n) is 1.86. The van der Waals surface area contributed by atoms with Crippen molar-refractivity contribution in [1.29, 1.82) is 0 Å². The number of rotatable bonds is 6. The van der Waals surface area contributed by atoms with Crippen LogP contribution in [0, 0.1) is 5.92 Å². The highest BCUT2D eigenvalue weighted by atomic mass is 16.5. The number of carboxylic acid groups (broad SMARTS) is 2. The average molecular weight is 543 g/mol. The summed E-state index contributed by atoms with van der Waals surface area (Å²) in [6.45, 7) is 30.1. The van der Waals surface area contributed by atoms with Crippen LogP contribution in [0.1, 0.15) is 136 Å². The van der Waals surface area contributed by atoms with E-state index in [0.29, 0.717) is 19.1 Å². The molecule has 0 aliphatic heterocycles. The fraction of sp³-hybridized carbons (Fsp3) is 0.793. The van der Waals surface area contributed by atoms with Crippen LogP contribution in [-0.4, -0.2) is 47.3 Å². The van der Waals surface area contributed by atoms with Crippen molar-refractivity contribution in [3.05, 3.63) is 12.7 Å². The molecule has 1 atom stereocenters. The molecule has 0 saturated carbocycles. The molecule has 0 aromatic carbocycles. The zero-order valence-electron chi connectivity index (χ0n) is 26.2. The summed E-state index contributed by atoms with van der Waals surface area (Å²) in [4.78, 5) is 38.3. The van der Waals surface area contributed by atoms with Gasteiger partial charge in [0.05, 0.1) is 13.2 Å². The summed E-state index contributed by atoms with van der Waals surface area (Å²) in [5.41, 5.74) is 0. The first-order chi connectivity index (χ1) is 16.6. The summed E-state index contributed by atoms with van der Waals surface area (Å²) in [6.07, 6.45) is 7.44. The van der Waals surface area contributed by atoms with Crippen LogP contribution < -0.4 is 0 Å². The molecule has 0 aromatic heterocycles. The van der Waals surface area contributed by atoms with Crippen molar-refractivity contribution < 1.29 is 38.9 Å². The van der Waals surface area contributed by atoms with Crippen molar-refractivity contribution in [3.8, 4) is 0 Å². The minimum Gasteiger partial charge on any atom is -0.481 e. The number of aliphatic carboxylic acids is 2. The summed E-state index contributed by atoms with van der Waals surface area (Å²) < 4.78 is 9.37. The van der Waals surface area contributed by atoms with E-state index in [1.807, 2.05) is 27.7 Å². The molecule has 0 heterocycles. The lowest BCUT2D eigenvalue weighted by molar-refractivity contribution is -0.142. The van der Waals surface area contributed by atoms with Gasteiger partial charge in [0.25, 0.3) is 11.9 Å². The van der Waals surface area contributed by atoms with E-state index in [1.165, 1.54) is 26.7 Å². The number of carbonyl (C=O) groups is 4. The number of hydrogen-bond acceptors (Lipinski definition) is 6. The molecular formula is C29H66O8. The van der Waals surface area contributed by atoms with E-state index in [9.17, 15) is 9.59 Å². The number of hydrogen-bond donors (Lipinski definition) is 2. The third-order valence-corrected chi connectivity index (χ3v) is 1.86. The maximum atomic E-state index is 10.3. The first-order valence-corrected chi connectivity index (χ1v) is 12.9. The Morgan fingerprint density at radius 1 is 0.757 bits per heavy atom. The smallest absolute Gasteiger partial charge is 0.302 e. The van der Waals surface area contributed by atoms with Crippen molar-refractivity contribution in [3.63, 3.8) is 0 Å². The predicted molar refractivity (Wildman–Crippen MR) is 160 cm³/mol. The van der Waals surface area contributed by atoms with Gasteiger partial charge in [-0.2, -0.15) is 0 Å². The van der Waals surface area contributed by atoms with Crippen LogP contribution >= 0.6 is 0 Å². The van der Waals surface area contributed by atoms with Crippen molar-refractivity contribution >= 4 is 23.9 Å². The molecule has 8 heteroatoms. The SMILES string of the molecule is C.C=CC.CC.CC(=O)O.CC(=O)O.CCC.CCC.CCCC(C)COC(C)=O.CCCOC(C)=O. The molecule has 0 fully saturated rings. The molecule has 2 N–H and O–H groups in total. The molecule has 0 aromatic rings. The molecule has 230 valence electrons. The molecule has 37 heavy (non-hydrogen) atoms. The van der Waals surface area contributed by atoms with Crippen molar-refractivity contribution in [2.24, 2.45) is 5.92 Å². The normalized spacial score (nSPS) is 7.84. The van der Waals surface area contributed by atoms with E-state index in [1.54, 1.807) is 6.08 Å². The van der Waals surface area contributed by atoms with Gasteiger partial charge in [0.2, 0.25) is 0 Å². The number of carbonyl (C=O) groups excluding carboxylic acids is 2. The second kappa shape index (κ2) is 69.9. The van der Waals surface area contributed by atoms with Crippen LogP contribution in [0.3, 0.4) is 0 Å². The van der Waals surface area contributed by atoms with E-state index in [2.05, 4.69) is 52.9 Å². The Kier molecular flexibility index (Phi) is 113. The number of ether oxygens (including phenoxy) is 2. The van der Waals surface area contributed by atoms with Gasteiger partial charge in [-0.3, -0.25) is 19.2 Å². The highest BCUT2D eigenvalue weighted by Gasteiger charge is 2.01. The first kappa shape index (κ1) is 59.6. The van der Waals surface area contributed by atoms with Crippen molar-refractivity contribution in [1.82, 2.24) is 0 Å². The second-order valence-electron chi connectivity index (χ2n) is 6.90.